The number of amides is 1. The predicted molar refractivity (Wildman–Crippen MR) is 94.1 cm³/mol. The van der Waals surface area contributed by atoms with E-state index < -0.39 is 24.7 Å². The van der Waals surface area contributed by atoms with Crippen LogP contribution in [0.15, 0.2) is 34.9 Å². The fourth-order valence-corrected chi connectivity index (χ4v) is 4.07. The maximum Gasteiger partial charge on any atom is 0.406 e. The van der Waals surface area contributed by atoms with E-state index in [2.05, 4.69) is 10.1 Å². The van der Waals surface area contributed by atoms with Crippen LogP contribution >= 0.6 is 0 Å². The van der Waals surface area contributed by atoms with E-state index in [-0.39, 0.29) is 12.6 Å². The van der Waals surface area contributed by atoms with Crippen molar-refractivity contribution in [2.24, 2.45) is 0 Å². The Labute approximate surface area is 160 Å². The van der Waals surface area contributed by atoms with Gasteiger partial charge in [0.15, 0.2) is 0 Å². The van der Waals surface area contributed by atoms with Gasteiger partial charge >= 0.3 is 6.18 Å². The molecular formula is C19H21F3N4O2. The molecule has 1 aromatic carbocycles. The average Bonchev–Trinajstić information content (AvgIpc) is 3.29. The number of likely N-dealkylation sites (tertiary alicyclic amines) is 2. The number of piperidine rings is 1. The summed E-state index contributed by atoms with van der Waals surface area (Å²) in [7, 11) is 0. The molecule has 2 aliphatic heterocycles. The molecule has 4 rings (SSSR count). The Bertz CT molecular complexity index is 824. The first-order chi connectivity index (χ1) is 13.4. The topological polar surface area (TPSA) is 62.5 Å². The van der Waals surface area contributed by atoms with E-state index in [4.69, 9.17) is 4.52 Å². The molecule has 1 aromatic heterocycles. The summed E-state index contributed by atoms with van der Waals surface area (Å²) in [6.45, 7) is -0.450. The summed E-state index contributed by atoms with van der Waals surface area (Å²) >= 11 is 0. The molecule has 1 amide bonds. The quantitative estimate of drug-likeness (QED) is 0.795. The van der Waals surface area contributed by atoms with Crippen LogP contribution in [0.2, 0.25) is 0 Å². The van der Waals surface area contributed by atoms with Crippen molar-refractivity contribution < 1.29 is 22.5 Å². The van der Waals surface area contributed by atoms with Gasteiger partial charge in [-0.3, -0.25) is 9.69 Å². The highest BCUT2D eigenvalue weighted by atomic mass is 19.4. The number of alkyl halides is 3. The molecule has 6 nitrogen and oxygen atoms in total. The first-order valence-electron chi connectivity index (χ1n) is 9.43. The van der Waals surface area contributed by atoms with Crippen molar-refractivity contribution in [2.45, 2.75) is 43.9 Å². The van der Waals surface area contributed by atoms with E-state index in [1.165, 1.54) is 0 Å². The van der Waals surface area contributed by atoms with Crippen LogP contribution in [-0.2, 0) is 4.79 Å². The predicted octanol–water partition coefficient (Wildman–Crippen LogP) is 3.43. The normalized spacial score (nSPS) is 24.1. The maximum atomic E-state index is 12.7. The SMILES string of the molecule is O=C1C(N2CCCCC2c2nc(-c3ccccc3)no2)CCN1CC(F)(F)F. The van der Waals surface area contributed by atoms with Crippen LogP contribution < -0.4 is 0 Å². The van der Waals surface area contributed by atoms with Gasteiger partial charge in [0.2, 0.25) is 17.6 Å². The molecular weight excluding hydrogens is 373 g/mol. The van der Waals surface area contributed by atoms with Gasteiger partial charge < -0.3 is 9.42 Å². The number of hydrogen-bond acceptors (Lipinski definition) is 5. The number of nitrogens with zero attached hydrogens (tertiary/aromatic N) is 4. The van der Waals surface area contributed by atoms with Crippen LogP contribution in [0.1, 0.15) is 37.6 Å². The molecule has 2 aromatic rings. The lowest BCUT2D eigenvalue weighted by atomic mass is 9.99. The second kappa shape index (κ2) is 7.54. The van der Waals surface area contributed by atoms with Gasteiger partial charge in [0.05, 0.1) is 12.1 Å². The van der Waals surface area contributed by atoms with E-state index in [0.717, 1.165) is 29.7 Å². The van der Waals surface area contributed by atoms with Gasteiger partial charge in [-0.15, -0.1) is 0 Å². The zero-order valence-corrected chi connectivity index (χ0v) is 15.2. The minimum atomic E-state index is -4.39. The summed E-state index contributed by atoms with van der Waals surface area (Å²) in [6.07, 6.45) is -1.44. The fraction of sp³-hybridized carbons (Fsp3) is 0.526. The van der Waals surface area contributed by atoms with Gasteiger partial charge in [-0.05, 0) is 25.8 Å². The van der Waals surface area contributed by atoms with Crippen molar-refractivity contribution in [1.82, 2.24) is 19.9 Å². The Morgan fingerprint density at radius 3 is 2.61 bits per heavy atom. The molecule has 2 atom stereocenters. The van der Waals surface area contributed by atoms with Crippen molar-refractivity contribution in [3.8, 4) is 11.4 Å². The molecule has 0 aliphatic carbocycles. The molecule has 28 heavy (non-hydrogen) atoms. The summed E-state index contributed by atoms with van der Waals surface area (Å²) in [6, 6.07) is 8.59. The number of rotatable bonds is 4. The molecule has 2 fully saturated rings. The molecule has 0 bridgehead atoms. The van der Waals surface area contributed by atoms with Crippen molar-refractivity contribution in [2.75, 3.05) is 19.6 Å². The van der Waals surface area contributed by atoms with Crippen LogP contribution in [-0.4, -0.2) is 57.7 Å². The third-order valence-corrected chi connectivity index (χ3v) is 5.34. The fourth-order valence-electron chi connectivity index (χ4n) is 4.07. The summed E-state index contributed by atoms with van der Waals surface area (Å²) in [5.41, 5.74) is 0.827. The number of carbonyl (C=O) groups excluding carboxylic acids is 1. The lowest BCUT2D eigenvalue weighted by Gasteiger charge is -2.36. The number of benzene rings is 1. The highest BCUT2D eigenvalue weighted by molar-refractivity contribution is 5.84. The highest BCUT2D eigenvalue weighted by Gasteiger charge is 2.44. The van der Waals surface area contributed by atoms with E-state index in [0.29, 0.717) is 24.7 Å². The lowest BCUT2D eigenvalue weighted by Crippen LogP contribution is -2.47. The zero-order chi connectivity index (χ0) is 19.7. The molecule has 150 valence electrons. The summed E-state index contributed by atoms with van der Waals surface area (Å²) in [5.74, 6) is 0.421. The number of hydrogen-bond donors (Lipinski definition) is 0. The number of halogens is 3. The van der Waals surface area contributed by atoms with Gasteiger partial charge in [0.25, 0.3) is 0 Å². The Kier molecular flexibility index (Phi) is 5.09. The summed E-state index contributed by atoms with van der Waals surface area (Å²) in [4.78, 5) is 20.0. The Morgan fingerprint density at radius 2 is 1.86 bits per heavy atom. The molecule has 0 spiro atoms. The molecule has 0 saturated carbocycles. The van der Waals surface area contributed by atoms with Gasteiger partial charge in [0.1, 0.15) is 6.54 Å². The second-order valence-corrected chi connectivity index (χ2v) is 7.25. The molecule has 2 saturated heterocycles. The highest BCUT2D eigenvalue weighted by Crippen LogP contribution is 2.35. The van der Waals surface area contributed by atoms with E-state index >= 15 is 0 Å². The second-order valence-electron chi connectivity index (χ2n) is 7.25. The van der Waals surface area contributed by atoms with Crippen LogP contribution in [0.4, 0.5) is 13.2 Å². The molecule has 0 radical (unpaired) electrons. The van der Waals surface area contributed by atoms with E-state index in [1.807, 2.05) is 35.2 Å². The van der Waals surface area contributed by atoms with E-state index in [9.17, 15) is 18.0 Å². The summed E-state index contributed by atoms with van der Waals surface area (Å²) in [5, 5.41) is 4.05. The minimum Gasteiger partial charge on any atom is -0.337 e. The largest absolute Gasteiger partial charge is 0.406 e. The molecule has 3 heterocycles. The van der Waals surface area contributed by atoms with Crippen molar-refractivity contribution in [1.29, 1.82) is 0 Å². The van der Waals surface area contributed by atoms with Gasteiger partial charge in [-0.2, -0.15) is 18.2 Å². The zero-order valence-electron chi connectivity index (χ0n) is 15.2. The van der Waals surface area contributed by atoms with Gasteiger partial charge in [0, 0.05) is 12.1 Å². The Morgan fingerprint density at radius 1 is 1.07 bits per heavy atom. The molecule has 9 heteroatoms. The van der Waals surface area contributed by atoms with Crippen LogP contribution in [0.5, 0.6) is 0 Å². The van der Waals surface area contributed by atoms with Crippen LogP contribution in [0, 0.1) is 0 Å². The first kappa shape index (κ1) is 18.9. The smallest absolute Gasteiger partial charge is 0.337 e. The maximum absolute atomic E-state index is 12.7. The lowest BCUT2D eigenvalue weighted by molar-refractivity contribution is -0.159. The molecule has 2 unspecified atom stereocenters. The molecule has 0 N–H and O–H groups in total. The summed E-state index contributed by atoms with van der Waals surface area (Å²) < 4.78 is 43.6. The number of aromatic nitrogens is 2. The monoisotopic (exact) mass is 394 g/mol. The van der Waals surface area contributed by atoms with Crippen LogP contribution in [0.25, 0.3) is 11.4 Å². The standard InChI is InChI=1S/C19H21F3N4O2/c20-19(21,22)12-25-11-9-15(18(25)27)26-10-5-4-8-14(26)17-23-16(24-28-17)13-6-2-1-3-7-13/h1-3,6-7,14-15H,4-5,8-12H2. The minimum absolute atomic E-state index is 0.116. The average molecular weight is 394 g/mol. The van der Waals surface area contributed by atoms with Crippen molar-refractivity contribution in [3.63, 3.8) is 0 Å². The first-order valence-corrected chi connectivity index (χ1v) is 9.43. The van der Waals surface area contributed by atoms with Crippen molar-refractivity contribution in [3.05, 3.63) is 36.2 Å². The Balaban J connectivity index is 1.53. The molecule has 2 aliphatic rings. The third-order valence-electron chi connectivity index (χ3n) is 5.34. The van der Waals surface area contributed by atoms with E-state index in [1.54, 1.807) is 0 Å². The van der Waals surface area contributed by atoms with Crippen LogP contribution in [0.3, 0.4) is 0 Å². The van der Waals surface area contributed by atoms with Gasteiger partial charge in [-0.25, -0.2) is 0 Å². The Hall–Kier alpha value is -2.42. The number of carbonyl (C=O) groups is 1. The third kappa shape index (κ3) is 3.89. The van der Waals surface area contributed by atoms with Crippen molar-refractivity contribution >= 4 is 5.91 Å². The van der Waals surface area contributed by atoms with Gasteiger partial charge in [-0.1, -0.05) is 41.9 Å².